The van der Waals surface area contributed by atoms with Crippen LogP contribution in [-0.4, -0.2) is 30.6 Å². The Morgan fingerprint density at radius 1 is 0.489 bits per heavy atom. The summed E-state index contributed by atoms with van der Waals surface area (Å²) in [7, 11) is 0. The molecule has 1 aliphatic rings. The minimum absolute atomic E-state index is 0.0927. The zero-order chi connectivity index (χ0) is 31.3. The number of phenolic OH excluding ortho intramolecular Hbond substituents is 6. The Labute approximate surface area is 260 Å². The quantitative estimate of drug-likeness (QED) is 0.115. The summed E-state index contributed by atoms with van der Waals surface area (Å²) in [5.41, 5.74) is 7.42. The molecule has 0 saturated carbocycles. The van der Waals surface area contributed by atoms with Gasteiger partial charge in [-0.15, -0.1) is 0 Å². The summed E-state index contributed by atoms with van der Waals surface area (Å²) < 4.78 is 0. The van der Waals surface area contributed by atoms with Crippen molar-refractivity contribution in [3.8, 4) is 45.6 Å². The Morgan fingerprint density at radius 2 is 1.02 bits per heavy atom. The van der Waals surface area contributed by atoms with Crippen LogP contribution in [-0.2, 0) is 18.3 Å². The predicted molar refractivity (Wildman–Crippen MR) is 170 cm³/mol. The van der Waals surface area contributed by atoms with Gasteiger partial charge in [0, 0.05) is 18.4 Å². The van der Waals surface area contributed by atoms with Gasteiger partial charge in [0.2, 0.25) is 0 Å². The molecule has 7 rings (SSSR count). The smallest absolute Gasteiger partial charge is 0.157 e. The van der Waals surface area contributed by atoms with Gasteiger partial charge in [0.25, 0.3) is 0 Å². The molecule has 6 N–H and O–H groups in total. The minimum atomic E-state index is -0.900. The van der Waals surface area contributed by atoms with Crippen LogP contribution in [0.15, 0.2) is 109 Å². The highest BCUT2D eigenvalue weighted by Gasteiger charge is 2.47. The Balaban J connectivity index is 1.45. The van der Waals surface area contributed by atoms with Crippen molar-refractivity contribution in [3.05, 3.63) is 166 Å². The minimum Gasteiger partial charge on any atom is -0.508 e. The van der Waals surface area contributed by atoms with Gasteiger partial charge in [-0.05, 0) is 98.6 Å². The fourth-order valence-corrected chi connectivity index (χ4v) is 6.57. The van der Waals surface area contributed by atoms with Crippen molar-refractivity contribution in [2.45, 2.75) is 18.3 Å². The van der Waals surface area contributed by atoms with Gasteiger partial charge < -0.3 is 30.6 Å². The molecule has 0 aromatic heterocycles. The van der Waals surface area contributed by atoms with Crippen LogP contribution >= 0.6 is 0 Å². The fourth-order valence-electron chi connectivity index (χ4n) is 6.57. The van der Waals surface area contributed by atoms with Crippen molar-refractivity contribution in [2.75, 3.05) is 0 Å². The molecule has 45 heavy (non-hydrogen) atoms. The van der Waals surface area contributed by atoms with Crippen LogP contribution in [0.1, 0.15) is 44.5 Å². The molecule has 0 fully saturated rings. The Hall–Kier alpha value is -6.06. The van der Waals surface area contributed by atoms with Gasteiger partial charge in [0.15, 0.2) is 23.0 Å². The molecule has 0 atom stereocenters. The summed E-state index contributed by atoms with van der Waals surface area (Å²) in [6.07, 6.45) is 0.599. The third-order valence-corrected chi connectivity index (χ3v) is 8.69. The van der Waals surface area contributed by atoms with Gasteiger partial charge >= 0.3 is 0 Å². The lowest BCUT2D eigenvalue weighted by atomic mass is 9.67. The molecule has 1 aliphatic carbocycles. The second-order valence-corrected chi connectivity index (χ2v) is 11.4. The van der Waals surface area contributed by atoms with E-state index in [1.165, 1.54) is 24.3 Å². The van der Waals surface area contributed by atoms with Crippen LogP contribution in [0.5, 0.6) is 34.5 Å². The normalized spacial score (nSPS) is 12.7. The van der Waals surface area contributed by atoms with E-state index in [1.54, 1.807) is 24.3 Å². The number of hydrogen-bond donors (Lipinski definition) is 6. The van der Waals surface area contributed by atoms with Crippen molar-refractivity contribution in [3.63, 3.8) is 0 Å². The molecule has 0 bridgehead atoms. The van der Waals surface area contributed by atoms with Crippen LogP contribution < -0.4 is 0 Å². The first-order valence-electron chi connectivity index (χ1n) is 14.4. The van der Waals surface area contributed by atoms with E-state index < -0.39 is 5.41 Å². The maximum atomic E-state index is 11.0. The molecular weight excluding hydrogens is 564 g/mol. The maximum Gasteiger partial charge on any atom is 0.157 e. The van der Waals surface area contributed by atoms with Crippen LogP contribution in [0.25, 0.3) is 11.1 Å². The van der Waals surface area contributed by atoms with E-state index in [2.05, 4.69) is 24.3 Å². The Bertz CT molecular complexity index is 1950. The summed E-state index contributed by atoms with van der Waals surface area (Å²) in [5.74, 6) is -0.714. The highest BCUT2D eigenvalue weighted by Crippen LogP contribution is 2.56. The second kappa shape index (κ2) is 10.6. The average Bonchev–Trinajstić information content (AvgIpc) is 3.34. The lowest BCUT2D eigenvalue weighted by Gasteiger charge is -2.33. The number of phenols is 6. The standard InChI is InChI=1S/C39H28O6/c40-33-15-11-27(21-25(33)17-23-9-13-35(42)37(44)19-23)39(31-7-3-1-5-29(31)30-6-2-4-8-32(30)39)28-12-16-34(41)26(22-28)18-24-10-14-36(43)38(45)20-24/h1-3,5-7,9-16,19-22,40-45H,17-18H2. The van der Waals surface area contributed by atoms with E-state index in [4.69, 9.17) is 0 Å². The Kier molecular flexibility index (Phi) is 6.53. The van der Waals surface area contributed by atoms with Crippen LogP contribution in [0.2, 0.25) is 0 Å². The van der Waals surface area contributed by atoms with Crippen LogP contribution in [0, 0.1) is 12.1 Å². The molecule has 0 unspecified atom stereocenters. The molecule has 0 saturated heterocycles. The molecule has 6 aromatic rings. The van der Waals surface area contributed by atoms with Gasteiger partial charge in [0.1, 0.15) is 11.5 Å². The molecule has 220 valence electrons. The highest BCUT2D eigenvalue weighted by atomic mass is 16.3. The molecule has 6 heteroatoms. The van der Waals surface area contributed by atoms with E-state index in [9.17, 15) is 30.6 Å². The van der Waals surface area contributed by atoms with Crippen LogP contribution in [0.4, 0.5) is 0 Å². The fraction of sp³-hybridized carbons (Fsp3) is 0.0769. The predicted octanol–water partition coefficient (Wildman–Crippen LogP) is 7.07. The summed E-state index contributed by atoms with van der Waals surface area (Å²) in [5, 5.41) is 61.8. The zero-order valence-electron chi connectivity index (χ0n) is 24.0. The van der Waals surface area contributed by atoms with E-state index in [0.29, 0.717) is 35.1 Å². The number of hydrogen-bond acceptors (Lipinski definition) is 6. The molecule has 0 radical (unpaired) electrons. The number of benzene rings is 5. The van der Waals surface area contributed by atoms with E-state index in [1.807, 2.05) is 48.5 Å². The molecule has 0 aliphatic heterocycles. The number of rotatable bonds is 6. The molecule has 0 amide bonds. The first-order valence-corrected chi connectivity index (χ1v) is 14.4. The number of aromatic hydroxyl groups is 6. The first kappa shape index (κ1) is 27.8. The van der Waals surface area contributed by atoms with Crippen molar-refractivity contribution in [1.29, 1.82) is 0 Å². The SMILES string of the molecule is Oc1ccc(Cc2cc(C3(c4ccc(O)c(Cc5ccc(O)c(O)c5)c4)c4c#cccc4-c4ccccc43)ccc2O)cc1O. The number of fused-ring (bicyclic) bond motifs is 3. The zero-order valence-corrected chi connectivity index (χ0v) is 24.0. The van der Waals surface area contributed by atoms with Gasteiger partial charge in [-0.1, -0.05) is 72.8 Å². The van der Waals surface area contributed by atoms with E-state index in [0.717, 1.165) is 33.4 Å². The lowest BCUT2D eigenvalue weighted by molar-refractivity contribution is 0.403. The van der Waals surface area contributed by atoms with Gasteiger partial charge in [-0.2, -0.15) is 0 Å². The first-order chi connectivity index (χ1) is 21.8. The summed E-state index contributed by atoms with van der Waals surface area (Å²) in [6.45, 7) is 0. The highest BCUT2D eigenvalue weighted by molar-refractivity contribution is 5.85. The summed E-state index contributed by atoms with van der Waals surface area (Å²) in [4.78, 5) is 0. The molecule has 0 heterocycles. The van der Waals surface area contributed by atoms with Gasteiger partial charge in [0.05, 0.1) is 5.41 Å². The third kappa shape index (κ3) is 4.54. The monoisotopic (exact) mass is 592 g/mol. The largest absolute Gasteiger partial charge is 0.508 e. The maximum absolute atomic E-state index is 11.0. The van der Waals surface area contributed by atoms with Crippen molar-refractivity contribution < 1.29 is 30.6 Å². The second-order valence-electron chi connectivity index (χ2n) is 11.4. The van der Waals surface area contributed by atoms with Crippen LogP contribution in [0.3, 0.4) is 0 Å². The van der Waals surface area contributed by atoms with Gasteiger partial charge in [-0.25, -0.2) is 0 Å². The molecular formula is C39H28O6. The molecule has 6 aromatic carbocycles. The average molecular weight is 593 g/mol. The Morgan fingerprint density at radius 3 is 1.58 bits per heavy atom. The summed E-state index contributed by atoms with van der Waals surface area (Å²) in [6, 6.07) is 38.8. The van der Waals surface area contributed by atoms with Crippen molar-refractivity contribution in [2.24, 2.45) is 0 Å². The van der Waals surface area contributed by atoms with Crippen molar-refractivity contribution >= 4 is 0 Å². The summed E-state index contributed by atoms with van der Waals surface area (Å²) >= 11 is 0. The van der Waals surface area contributed by atoms with Crippen molar-refractivity contribution in [1.82, 2.24) is 0 Å². The lowest BCUT2D eigenvalue weighted by Crippen LogP contribution is -2.28. The topological polar surface area (TPSA) is 121 Å². The van der Waals surface area contributed by atoms with E-state index in [-0.39, 0.29) is 34.5 Å². The molecule has 0 spiro atoms. The third-order valence-electron chi connectivity index (χ3n) is 8.69. The van der Waals surface area contributed by atoms with Gasteiger partial charge in [-0.3, -0.25) is 0 Å². The molecule has 6 nitrogen and oxygen atoms in total. The van der Waals surface area contributed by atoms with E-state index >= 15 is 0 Å².